The quantitative estimate of drug-likeness (QED) is 0.450. The molecule has 0 aromatic heterocycles. The van der Waals surface area contributed by atoms with Crippen LogP contribution in [0.2, 0.25) is 0 Å². The molecule has 5 heteroatoms. The molecule has 5 nitrogen and oxygen atoms in total. The summed E-state index contributed by atoms with van der Waals surface area (Å²) < 4.78 is 6.21. The van der Waals surface area contributed by atoms with Crippen molar-refractivity contribution in [3.05, 3.63) is 60.2 Å². The molecule has 1 saturated heterocycles. The van der Waals surface area contributed by atoms with Crippen molar-refractivity contribution in [3.63, 3.8) is 0 Å². The van der Waals surface area contributed by atoms with E-state index in [2.05, 4.69) is 0 Å². The van der Waals surface area contributed by atoms with Gasteiger partial charge in [0.25, 0.3) is 0 Å². The topological polar surface area (TPSA) is 66.8 Å². The number of aromatic hydroxyl groups is 1. The number of esters is 1. The van der Waals surface area contributed by atoms with E-state index in [1.165, 1.54) is 6.42 Å². The normalized spacial score (nSPS) is 24.0. The molecule has 0 radical (unpaired) electrons. The lowest BCUT2D eigenvalue weighted by atomic mass is 9.77. The minimum absolute atomic E-state index is 0.0170. The molecule has 2 aliphatic rings. The molecule has 1 aliphatic heterocycles. The first-order chi connectivity index (χ1) is 15.9. The van der Waals surface area contributed by atoms with E-state index in [4.69, 9.17) is 4.74 Å². The van der Waals surface area contributed by atoms with Crippen LogP contribution in [0.1, 0.15) is 64.4 Å². The van der Waals surface area contributed by atoms with Gasteiger partial charge >= 0.3 is 5.97 Å². The third-order valence-electron chi connectivity index (χ3n) is 7.43. The van der Waals surface area contributed by atoms with E-state index >= 15 is 0 Å². The number of nitrogens with zero attached hydrogens (tertiary/aromatic N) is 1. The SMILES string of the molecule is CC(C)C1(CCc2ccc(O)cc2)CC(=O)C(N(c2ccccc2)C2CCCCC2)C(=O)O1. The van der Waals surface area contributed by atoms with E-state index < -0.39 is 17.6 Å². The van der Waals surface area contributed by atoms with Crippen LogP contribution in [0.25, 0.3) is 0 Å². The van der Waals surface area contributed by atoms with Gasteiger partial charge in [-0.3, -0.25) is 4.79 Å². The van der Waals surface area contributed by atoms with E-state index in [9.17, 15) is 14.7 Å². The van der Waals surface area contributed by atoms with Crippen LogP contribution < -0.4 is 4.90 Å². The summed E-state index contributed by atoms with van der Waals surface area (Å²) in [5.41, 5.74) is 1.16. The highest BCUT2D eigenvalue weighted by atomic mass is 16.6. The van der Waals surface area contributed by atoms with Crippen LogP contribution >= 0.6 is 0 Å². The first-order valence-electron chi connectivity index (χ1n) is 12.3. The van der Waals surface area contributed by atoms with Crippen LogP contribution in [-0.4, -0.2) is 34.5 Å². The number of ketones is 1. The van der Waals surface area contributed by atoms with Gasteiger partial charge < -0.3 is 14.7 Å². The molecule has 2 unspecified atom stereocenters. The Bertz CT molecular complexity index is 930. The van der Waals surface area contributed by atoms with Crippen LogP contribution in [0, 0.1) is 5.92 Å². The molecule has 2 aromatic carbocycles. The summed E-state index contributed by atoms with van der Waals surface area (Å²) in [4.78, 5) is 29.2. The minimum atomic E-state index is -0.879. The molecule has 1 aliphatic carbocycles. The van der Waals surface area contributed by atoms with E-state index in [0.717, 1.165) is 36.9 Å². The number of phenolic OH excluding ortho intramolecular Hbond substituents is 1. The molecular formula is C28H35NO4. The van der Waals surface area contributed by atoms with Crippen molar-refractivity contribution < 1.29 is 19.4 Å². The van der Waals surface area contributed by atoms with Gasteiger partial charge in [-0.15, -0.1) is 0 Å². The van der Waals surface area contributed by atoms with Gasteiger partial charge in [-0.2, -0.15) is 0 Å². The predicted molar refractivity (Wildman–Crippen MR) is 129 cm³/mol. The number of rotatable bonds is 7. The number of anilines is 1. The van der Waals surface area contributed by atoms with Crippen LogP contribution in [0.3, 0.4) is 0 Å². The number of para-hydroxylation sites is 1. The van der Waals surface area contributed by atoms with Crippen molar-refractivity contribution >= 4 is 17.4 Å². The van der Waals surface area contributed by atoms with E-state index in [-0.39, 0.29) is 29.9 Å². The number of carbonyl (C=O) groups is 2. The second-order valence-electron chi connectivity index (χ2n) is 9.89. The number of cyclic esters (lactones) is 1. The summed E-state index contributed by atoms with van der Waals surface area (Å²) in [5.74, 6) is -0.216. The summed E-state index contributed by atoms with van der Waals surface area (Å²) in [6, 6.07) is 16.2. The Balaban J connectivity index is 1.58. The molecule has 176 valence electrons. The Hall–Kier alpha value is -2.82. The molecule has 1 heterocycles. The molecule has 0 amide bonds. The molecule has 33 heavy (non-hydrogen) atoms. The molecule has 1 saturated carbocycles. The molecular weight excluding hydrogens is 414 g/mol. The largest absolute Gasteiger partial charge is 0.508 e. The Morgan fingerprint density at radius 3 is 2.27 bits per heavy atom. The number of ether oxygens (including phenoxy) is 1. The van der Waals surface area contributed by atoms with Crippen molar-refractivity contribution in [1.82, 2.24) is 0 Å². The zero-order chi connectivity index (χ0) is 23.4. The Kier molecular flexibility index (Phi) is 7.06. The average molecular weight is 450 g/mol. The highest BCUT2D eigenvalue weighted by Crippen LogP contribution is 2.39. The Labute approximate surface area is 196 Å². The van der Waals surface area contributed by atoms with Gasteiger partial charge in [0.15, 0.2) is 11.8 Å². The van der Waals surface area contributed by atoms with Gasteiger partial charge in [-0.25, -0.2) is 4.79 Å². The highest BCUT2D eigenvalue weighted by molar-refractivity contribution is 6.08. The van der Waals surface area contributed by atoms with Gasteiger partial charge in [0.1, 0.15) is 11.4 Å². The fourth-order valence-electron chi connectivity index (χ4n) is 5.38. The van der Waals surface area contributed by atoms with E-state index in [0.29, 0.717) is 12.8 Å². The van der Waals surface area contributed by atoms with Crippen molar-refractivity contribution in [1.29, 1.82) is 0 Å². The molecule has 2 aromatic rings. The molecule has 0 spiro atoms. The average Bonchev–Trinajstić information content (AvgIpc) is 2.82. The molecule has 2 atom stereocenters. The first kappa shape index (κ1) is 23.3. The second-order valence-corrected chi connectivity index (χ2v) is 9.89. The monoisotopic (exact) mass is 449 g/mol. The summed E-state index contributed by atoms with van der Waals surface area (Å²) in [7, 11) is 0. The zero-order valence-corrected chi connectivity index (χ0v) is 19.7. The van der Waals surface area contributed by atoms with Crippen molar-refractivity contribution in [2.75, 3.05) is 4.90 Å². The standard InChI is InChI=1S/C28H35NO4/c1-20(2)28(18-17-21-13-15-24(30)16-14-21)19-25(31)26(27(32)33-28)29(22-9-5-3-6-10-22)23-11-7-4-8-12-23/h3,5-6,9-10,13-16,20,23,26,30H,4,7-8,11-12,17-19H2,1-2H3. The summed E-state index contributed by atoms with van der Waals surface area (Å²) in [6.45, 7) is 4.04. The number of carbonyl (C=O) groups excluding carboxylic acids is 2. The lowest BCUT2D eigenvalue weighted by molar-refractivity contribution is -0.179. The molecule has 4 rings (SSSR count). The van der Waals surface area contributed by atoms with Crippen molar-refractivity contribution in [3.8, 4) is 5.75 Å². The smallest absolute Gasteiger partial charge is 0.337 e. The van der Waals surface area contributed by atoms with Gasteiger partial charge in [0.05, 0.1) is 0 Å². The van der Waals surface area contributed by atoms with Gasteiger partial charge in [-0.1, -0.05) is 63.4 Å². The fourth-order valence-corrected chi connectivity index (χ4v) is 5.38. The third kappa shape index (κ3) is 5.07. The maximum Gasteiger partial charge on any atom is 0.337 e. The number of phenols is 1. The van der Waals surface area contributed by atoms with Crippen LogP contribution in [0.5, 0.6) is 5.75 Å². The Morgan fingerprint density at radius 2 is 1.67 bits per heavy atom. The molecule has 0 bridgehead atoms. The fraction of sp³-hybridized carbons (Fsp3) is 0.500. The zero-order valence-electron chi connectivity index (χ0n) is 19.7. The lowest BCUT2D eigenvalue weighted by Gasteiger charge is -2.47. The number of Topliss-reactive ketones (excluding diaryl/α,β-unsaturated/α-hetero) is 1. The highest BCUT2D eigenvalue weighted by Gasteiger charge is 2.51. The summed E-state index contributed by atoms with van der Waals surface area (Å²) in [5, 5.41) is 9.55. The van der Waals surface area contributed by atoms with Crippen LogP contribution in [0.4, 0.5) is 5.69 Å². The van der Waals surface area contributed by atoms with E-state index in [1.54, 1.807) is 12.1 Å². The van der Waals surface area contributed by atoms with Gasteiger partial charge in [0.2, 0.25) is 0 Å². The van der Waals surface area contributed by atoms with Crippen molar-refractivity contribution in [2.24, 2.45) is 5.92 Å². The number of benzene rings is 2. The first-order valence-corrected chi connectivity index (χ1v) is 12.3. The predicted octanol–water partition coefficient (Wildman–Crippen LogP) is 5.44. The van der Waals surface area contributed by atoms with Gasteiger partial charge in [-0.05, 0) is 61.4 Å². The second kappa shape index (κ2) is 9.98. The van der Waals surface area contributed by atoms with Crippen molar-refractivity contribution in [2.45, 2.75) is 82.9 Å². The van der Waals surface area contributed by atoms with E-state index in [1.807, 2.05) is 61.2 Å². The Morgan fingerprint density at radius 1 is 1.00 bits per heavy atom. The summed E-state index contributed by atoms with van der Waals surface area (Å²) in [6.07, 6.45) is 6.90. The number of aryl methyl sites for hydroxylation is 1. The number of hydrogen-bond donors (Lipinski definition) is 1. The van der Waals surface area contributed by atoms with Crippen LogP contribution in [0.15, 0.2) is 54.6 Å². The van der Waals surface area contributed by atoms with Gasteiger partial charge in [0, 0.05) is 18.2 Å². The summed E-state index contributed by atoms with van der Waals surface area (Å²) >= 11 is 0. The number of hydrogen-bond acceptors (Lipinski definition) is 5. The molecule has 2 fully saturated rings. The molecule has 1 N–H and O–H groups in total. The maximum atomic E-state index is 13.7. The minimum Gasteiger partial charge on any atom is -0.508 e. The lowest BCUT2D eigenvalue weighted by Crippen LogP contribution is -2.61. The van der Waals surface area contributed by atoms with Crippen LogP contribution in [-0.2, 0) is 20.7 Å². The third-order valence-corrected chi connectivity index (χ3v) is 7.43. The maximum absolute atomic E-state index is 13.7.